The number of imidazole rings is 2. The van der Waals surface area contributed by atoms with Crippen molar-refractivity contribution in [1.82, 2.24) is 19.9 Å². The second kappa shape index (κ2) is 17.1. The predicted molar refractivity (Wildman–Crippen MR) is 273 cm³/mol. The van der Waals surface area contributed by atoms with Crippen LogP contribution in [-0.4, -0.2) is 76.3 Å². The maximum absolute atomic E-state index is 5.35. The van der Waals surface area contributed by atoms with E-state index in [1.54, 1.807) is 0 Å². The first-order valence-corrected chi connectivity index (χ1v) is 23.2. The second-order valence-corrected chi connectivity index (χ2v) is 19.9. The Hall–Kier alpha value is -6.36. The number of allylic oxidation sites excluding steroid dienone is 2. The summed E-state index contributed by atoms with van der Waals surface area (Å²) in [6.45, 7) is 4.54. The van der Waals surface area contributed by atoms with Crippen LogP contribution in [0.2, 0.25) is 0 Å². The molecule has 1 aliphatic carbocycles. The number of aromatic nitrogens is 4. The highest BCUT2D eigenvalue weighted by Crippen LogP contribution is 2.48. The minimum Gasteiger partial charge on any atom is -0.378 e. The molecule has 4 heterocycles. The van der Waals surface area contributed by atoms with Gasteiger partial charge >= 0.3 is 0 Å². The number of rotatable bonds is 12. The molecule has 4 aromatic heterocycles. The molecule has 8 nitrogen and oxygen atoms in total. The van der Waals surface area contributed by atoms with Crippen LogP contribution in [0.3, 0.4) is 0 Å². The fourth-order valence-electron chi connectivity index (χ4n) is 8.64. The van der Waals surface area contributed by atoms with Crippen molar-refractivity contribution in [2.24, 2.45) is 0 Å². The molecule has 0 fully saturated rings. The number of hydrogen-bond acceptors (Lipinski definition) is 8. The number of aromatic amines is 2. The Bertz CT molecular complexity index is 2580. The van der Waals surface area contributed by atoms with E-state index in [1.165, 1.54) is 32.0 Å². The summed E-state index contributed by atoms with van der Waals surface area (Å²) < 4.78 is 0. The van der Waals surface area contributed by atoms with E-state index in [1.807, 2.05) is 22.7 Å². The molecule has 0 saturated heterocycles. The maximum atomic E-state index is 5.35. The molecular weight excluding hydrogens is 813 g/mol. The molecule has 63 heavy (non-hydrogen) atoms. The van der Waals surface area contributed by atoms with Gasteiger partial charge in [-0.15, -0.1) is 22.7 Å². The van der Waals surface area contributed by atoms with Crippen molar-refractivity contribution >= 4 is 56.6 Å². The van der Waals surface area contributed by atoms with Crippen molar-refractivity contribution in [3.8, 4) is 66.4 Å². The van der Waals surface area contributed by atoms with E-state index >= 15 is 0 Å². The first kappa shape index (κ1) is 42.0. The third-order valence-corrected chi connectivity index (χ3v) is 14.4. The van der Waals surface area contributed by atoms with Gasteiger partial charge in [-0.2, -0.15) is 0 Å². The zero-order valence-corrected chi connectivity index (χ0v) is 39.6. The molecule has 9 rings (SSSR count). The number of aryl methyl sites for hydroxylation is 2. The Balaban J connectivity index is 1.08. The number of thiophene rings is 2. The first-order chi connectivity index (χ1) is 30.3. The lowest BCUT2D eigenvalue weighted by atomic mass is 9.97. The number of anilines is 4. The van der Waals surface area contributed by atoms with E-state index in [0.717, 1.165) is 108 Å². The van der Waals surface area contributed by atoms with Crippen molar-refractivity contribution in [2.45, 2.75) is 33.1 Å². The highest BCUT2D eigenvalue weighted by Gasteiger charge is 2.26. The Morgan fingerprint density at radius 1 is 0.429 bits per heavy atom. The van der Waals surface area contributed by atoms with Gasteiger partial charge in [-0.1, -0.05) is 48.5 Å². The van der Waals surface area contributed by atoms with Crippen LogP contribution >= 0.6 is 22.7 Å². The van der Waals surface area contributed by atoms with Crippen molar-refractivity contribution in [2.75, 3.05) is 76.0 Å². The van der Waals surface area contributed by atoms with E-state index in [9.17, 15) is 0 Å². The van der Waals surface area contributed by atoms with Crippen molar-refractivity contribution in [3.63, 3.8) is 0 Å². The van der Waals surface area contributed by atoms with Crippen molar-refractivity contribution in [3.05, 3.63) is 130 Å². The van der Waals surface area contributed by atoms with Crippen LogP contribution in [0.15, 0.2) is 109 Å². The van der Waals surface area contributed by atoms with Crippen LogP contribution in [0.4, 0.5) is 22.7 Å². The summed E-state index contributed by atoms with van der Waals surface area (Å²) in [6, 6.07) is 39.6. The summed E-state index contributed by atoms with van der Waals surface area (Å²) in [6.07, 6.45) is 3.26. The smallest absolute Gasteiger partial charge is 0.148 e. The van der Waals surface area contributed by atoms with E-state index in [0.29, 0.717) is 0 Å². The molecule has 0 saturated carbocycles. The predicted octanol–water partition coefficient (Wildman–Crippen LogP) is 13.2. The fourth-order valence-corrected chi connectivity index (χ4v) is 10.6. The van der Waals surface area contributed by atoms with Gasteiger partial charge in [0.15, 0.2) is 0 Å². The van der Waals surface area contributed by atoms with Gasteiger partial charge in [-0.3, -0.25) is 0 Å². The molecule has 0 radical (unpaired) electrons. The number of nitrogens with zero attached hydrogens (tertiary/aromatic N) is 6. The standard InChI is InChI=1S/C53H56N8S2/c1-32-44(30-46(62-32)52-54-48(34-14-22-38(23-15-34)58(3)4)49(55-52)35-16-24-39(25-17-35)59(5)6)42-12-11-13-43(42)45-31-47(63-33(45)2)53-56-50(36-18-26-40(27-19-36)60(7)8)51(57-53)37-20-28-41(29-21-37)61(9)10/h14-31H,11-13H2,1-10H3,(H,54,55)(H,56,57). The van der Waals surface area contributed by atoms with Crippen molar-refractivity contribution in [1.29, 1.82) is 0 Å². The van der Waals surface area contributed by atoms with E-state index < -0.39 is 0 Å². The lowest BCUT2D eigenvalue weighted by Gasteiger charge is -2.13. The molecule has 0 amide bonds. The lowest BCUT2D eigenvalue weighted by Crippen LogP contribution is -2.08. The molecule has 320 valence electrons. The zero-order valence-electron chi connectivity index (χ0n) is 38.0. The van der Waals surface area contributed by atoms with Gasteiger partial charge in [0.05, 0.1) is 32.5 Å². The molecule has 0 atom stereocenters. The van der Waals surface area contributed by atoms with E-state index in [-0.39, 0.29) is 0 Å². The van der Waals surface area contributed by atoms with E-state index in [2.05, 4.69) is 209 Å². The third-order valence-electron chi connectivity index (χ3n) is 12.2. The van der Waals surface area contributed by atoms with Crippen LogP contribution in [0, 0.1) is 13.8 Å². The van der Waals surface area contributed by atoms with Gasteiger partial charge in [0.25, 0.3) is 0 Å². The molecule has 0 unspecified atom stereocenters. The normalized spacial score (nSPS) is 12.7. The van der Waals surface area contributed by atoms with Crippen LogP contribution < -0.4 is 19.6 Å². The third kappa shape index (κ3) is 8.21. The highest BCUT2D eigenvalue weighted by molar-refractivity contribution is 7.16. The van der Waals surface area contributed by atoms with Gasteiger partial charge in [0.1, 0.15) is 11.6 Å². The minimum atomic E-state index is 0.902. The average Bonchev–Trinajstić information content (AvgIpc) is 4.14. The Labute approximate surface area is 380 Å². The van der Waals surface area contributed by atoms with Gasteiger partial charge < -0.3 is 29.6 Å². The van der Waals surface area contributed by atoms with Crippen LogP contribution in [0.5, 0.6) is 0 Å². The molecule has 0 spiro atoms. The van der Waals surface area contributed by atoms with Crippen LogP contribution in [-0.2, 0) is 0 Å². The monoisotopic (exact) mass is 868 g/mol. The van der Waals surface area contributed by atoms with Gasteiger partial charge in [0, 0.05) is 111 Å². The Kier molecular flexibility index (Phi) is 11.4. The molecule has 4 aromatic carbocycles. The molecular formula is C53H56N8S2. The Morgan fingerprint density at radius 3 is 1.03 bits per heavy atom. The van der Waals surface area contributed by atoms with Gasteiger partial charge in [-0.25, -0.2) is 9.97 Å². The molecule has 2 N–H and O–H groups in total. The number of nitrogens with one attached hydrogen (secondary N) is 2. The molecule has 1 aliphatic rings. The topological polar surface area (TPSA) is 70.3 Å². The number of H-pyrrole nitrogens is 2. The van der Waals surface area contributed by atoms with Gasteiger partial charge in [-0.05, 0) is 116 Å². The summed E-state index contributed by atoms with van der Waals surface area (Å²) in [5, 5.41) is 0. The average molecular weight is 869 g/mol. The first-order valence-electron chi connectivity index (χ1n) is 21.6. The molecule has 0 bridgehead atoms. The van der Waals surface area contributed by atoms with Gasteiger partial charge in [0.2, 0.25) is 0 Å². The van der Waals surface area contributed by atoms with Crippen LogP contribution in [0.25, 0.3) is 77.6 Å². The number of hydrogen-bond donors (Lipinski definition) is 2. The SMILES string of the molecule is Cc1sc(-c2nc(-c3ccc(N(C)C)cc3)c(-c3ccc(N(C)C)cc3)[nH]2)cc1C1=C(c2cc(-c3nc(-c4ccc(N(C)C)cc4)c(-c4ccc(N(C)C)cc4)[nH]3)sc2C)CCC1. The summed E-state index contributed by atoms with van der Waals surface area (Å²) in [5.41, 5.74) is 18.6. The minimum absolute atomic E-state index is 0.902. The van der Waals surface area contributed by atoms with Crippen LogP contribution in [0.1, 0.15) is 40.1 Å². The summed E-state index contributed by atoms with van der Waals surface area (Å²) in [5.74, 6) is 1.80. The largest absolute Gasteiger partial charge is 0.378 e. The van der Waals surface area contributed by atoms with Crippen molar-refractivity contribution < 1.29 is 0 Å². The second-order valence-electron chi connectivity index (χ2n) is 17.4. The Morgan fingerprint density at radius 2 is 0.730 bits per heavy atom. The summed E-state index contributed by atoms with van der Waals surface area (Å²) in [4.78, 5) is 31.7. The maximum Gasteiger partial charge on any atom is 0.148 e. The highest BCUT2D eigenvalue weighted by atomic mass is 32.1. The molecule has 0 aliphatic heterocycles. The zero-order chi connectivity index (χ0) is 44.1. The molecule has 8 aromatic rings. The lowest BCUT2D eigenvalue weighted by molar-refractivity contribution is 0.941. The summed E-state index contributed by atoms with van der Waals surface area (Å²) in [7, 11) is 16.6. The molecule has 10 heteroatoms. The summed E-state index contributed by atoms with van der Waals surface area (Å²) >= 11 is 3.66. The fraction of sp³-hybridized carbons (Fsp3) is 0.245. The number of benzene rings is 4. The van der Waals surface area contributed by atoms with E-state index in [4.69, 9.17) is 9.97 Å². The quantitative estimate of drug-likeness (QED) is 0.127.